The Balaban J connectivity index is 3.22. The number of hydrogen-bond acceptors (Lipinski definition) is 3. The number of methoxy groups -OCH3 is 1. The maximum Gasteiger partial charge on any atom is 0.339 e. The Morgan fingerprint density at radius 2 is 2.07 bits per heavy atom. The molecule has 0 aromatic heterocycles. The van der Waals surface area contributed by atoms with Gasteiger partial charge < -0.3 is 10.1 Å². The number of hydrogen-bond donors (Lipinski definition) is 1. The average Bonchev–Trinajstić information content (AvgIpc) is 2.21. The Hall–Kier alpha value is -1.26. The first-order valence-electron chi connectivity index (χ1n) is 3.87. The Bertz CT molecular complexity index is 407. The predicted molar refractivity (Wildman–Crippen MR) is 57.5 cm³/mol. The smallest absolute Gasteiger partial charge is 0.339 e. The molecule has 0 spiro atoms. The van der Waals surface area contributed by atoms with Crippen molar-refractivity contribution in [3.63, 3.8) is 0 Å². The molecule has 0 heterocycles. The van der Waals surface area contributed by atoms with Gasteiger partial charge in [-0.05, 0) is 12.1 Å². The molecule has 0 saturated heterocycles. The molecule has 0 aliphatic heterocycles. The second-order valence-corrected chi connectivity index (χ2v) is 3.38. The van der Waals surface area contributed by atoms with Crippen molar-refractivity contribution in [2.24, 2.45) is 0 Å². The molecule has 1 amide bonds. The molecule has 1 aromatic rings. The molecule has 1 aromatic carbocycles. The van der Waals surface area contributed by atoms with Gasteiger partial charge in [0.2, 0.25) is 6.41 Å². The van der Waals surface area contributed by atoms with Crippen LogP contribution in [0.15, 0.2) is 12.1 Å². The molecule has 0 saturated carbocycles. The van der Waals surface area contributed by atoms with E-state index in [-0.39, 0.29) is 15.6 Å². The van der Waals surface area contributed by atoms with Crippen LogP contribution in [-0.4, -0.2) is 19.5 Å². The summed E-state index contributed by atoms with van der Waals surface area (Å²) >= 11 is 11.5. The highest BCUT2D eigenvalue weighted by Crippen LogP contribution is 2.29. The third-order valence-electron chi connectivity index (χ3n) is 1.68. The van der Waals surface area contributed by atoms with Crippen LogP contribution in [0.2, 0.25) is 10.0 Å². The lowest BCUT2D eigenvalue weighted by Gasteiger charge is -2.07. The quantitative estimate of drug-likeness (QED) is 0.659. The van der Waals surface area contributed by atoms with Crippen molar-refractivity contribution in [3.8, 4) is 0 Å². The highest BCUT2D eigenvalue weighted by atomic mass is 35.5. The molecular weight excluding hydrogens is 241 g/mol. The monoisotopic (exact) mass is 247 g/mol. The van der Waals surface area contributed by atoms with Crippen molar-refractivity contribution < 1.29 is 14.3 Å². The summed E-state index contributed by atoms with van der Waals surface area (Å²) in [7, 11) is 1.24. The fraction of sp³-hybridized carbons (Fsp3) is 0.111. The van der Waals surface area contributed by atoms with Crippen LogP contribution in [0.4, 0.5) is 5.69 Å². The number of halogens is 2. The number of ether oxygens (including phenoxy) is 1. The van der Waals surface area contributed by atoms with Crippen molar-refractivity contribution >= 4 is 41.3 Å². The molecule has 6 heteroatoms. The largest absolute Gasteiger partial charge is 0.465 e. The standard InChI is InChI=1S/C9H7Cl2NO3/c1-15-9(14)5-2-8(12-4-13)7(11)3-6(5)10/h2-4H,1H3,(H,12,13). The minimum atomic E-state index is -0.592. The van der Waals surface area contributed by atoms with Crippen LogP contribution in [0.5, 0.6) is 0 Å². The van der Waals surface area contributed by atoms with Crippen LogP contribution in [0.1, 0.15) is 10.4 Å². The molecule has 0 bridgehead atoms. The number of esters is 1. The molecule has 1 rings (SSSR count). The molecule has 0 fully saturated rings. The maximum absolute atomic E-state index is 11.2. The first-order valence-corrected chi connectivity index (χ1v) is 4.63. The lowest BCUT2D eigenvalue weighted by molar-refractivity contribution is -0.105. The second-order valence-electron chi connectivity index (χ2n) is 2.57. The molecule has 80 valence electrons. The van der Waals surface area contributed by atoms with Gasteiger partial charge in [-0.25, -0.2) is 4.79 Å². The molecule has 0 atom stereocenters. The van der Waals surface area contributed by atoms with Crippen LogP contribution in [0, 0.1) is 0 Å². The second kappa shape index (κ2) is 5.00. The van der Waals surface area contributed by atoms with Gasteiger partial charge in [-0.2, -0.15) is 0 Å². The summed E-state index contributed by atoms with van der Waals surface area (Å²) in [6.45, 7) is 0. The molecule has 0 aliphatic carbocycles. The van der Waals surface area contributed by atoms with E-state index < -0.39 is 5.97 Å². The summed E-state index contributed by atoms with van der Waals surface area (Å²) in [6.07, 6.45) is 0.455. The van der Waals surface area contributed by atoms with E-state index in [0.29, 0.717) is 12.1 Å². The van der Waals surface area contributed by atoms with Gasteiger partial charge in [0.05, 0.1) is 28.4 Å². The fourth-order valence-electron chi connectivity index (χ4n) is 0.989. The summed E-state index contributed by atoms with van der Waals surface area (Å²) < 4.78 is 4.51. The average molecular weight is 248 g/mol. The minimum absolute atomic E-state index is 0.146. The van der Waals surface area contributed by atoms with E-state index in [9.17, 15) is 9.59 Å². The van der Waals surface area contributed by atoms with Crippen LogP contribution >= 0.6 is 23.2 Å². The summed E-state index contributed by atoms with van der Waals surface area (Å²) in [5.41, 5.74) is 0.449. The first kappa shape index (κ1) is 11.8. The van der Waals surface area contributed by atoms with Crippen LogP contribution in [0.3, 0.4) is 0 Å². The van der Waals surface area contributed by atoms with E-state index in [2.05, 4.69) is 10.1 Å². The topological polar surface area (TPSA) is 55.4 Å². The number of benzene rings is 1. The number of amides is 1. The van der Waals surface area contributed by atoms with Crippen molar-refractivity contribution in [2.75, 3.05) is 12.4 Å². The third-order valence-corrected chi connectivity index (χ3v) is 2.30. The van der Waals surface area contributed by atoms with Crippen molar-refractivity contribution in [1.29, 1.82) is 0 Å². The zero-order chi connectivity index (χ0) is 11.4. The van der Waals surface area contributed by atoms with Gasteiger partial charge in [-0.3, -0.25) is 4.79 Å². The fourth-order valence-corrected chi connectivity index (χ4v) is 1.50. The zero-order valence-electron chi connectivity index (χ0n) is 7.71. The summed E-state index contributed by atoms with van der Waals surface area (Å²) in [5, 5.41) is 2.76. The molecule has 4 nitrogen and oxygen atoms in total. The third kappa shape index (κ3) is 2.61. The molecule has 0 aliphatic rings. The maximum atomic E-state index is 11.2. The zero-order valence-corrected chi connectivity index (χ0v) is 9.22. The van der Waals surface area contributed by atoms with Crippen molar-refractivity contribution in [2.45, 2.75) is 0 Å². The van der Waals surface area contributed by atoms with E-state index in [0.717, 1.165) is 0 Å². The van der Waals surface area contributed by atoms with E-state index >= 15 is 0 Å². The van der Waals surface area contributed by atoms with Crippen molar-refractivity contribution in [3.05, 3.63) is 27.7 Å². The first-order chi connectivity index (χ1) is 7.10. The van der Waals surface area contributed by atoms with Crippen LogP contribution < -0.4 is 5.32 Å². The summed E-state index contributed by atoms with van der Waals surface area (Å²) in [5.74, 6) is -0.592. The van der Waals surface area contributed by atoms with E-state index in [1.807, 2.05) is 0 Å². The Kier molecular flexibility index (Phi) is 3.94. The number of rotatable bonds is 3. The van der Waals surface area contributed by atoms with Crippen molar-refractivity contribution in [1.82, 2.24) is 0 Å². The Labute approximate surface area is 96.1 Å². The Morgan fingerprint density at radius 3 is 2.60 bits per heavy atom. The number of anilines is 1. The number of carbonyl (C=O) groups is 2. The molecule has 1 N–H and O–H groups in total. The summed E-state index contributed by atoms with van der Waals surface area (Å²) in [6, 6.07) is 2.71. The van der Waals surface area contributed by atoms with Crippen LogP contribution in [0.25, 0.3) is 0 Å². The lowest BCUT2D eigenvalue weighted by atomic mass is 10.2. The van der Waals surface area contributed by atoms with Gasteiger partial charge in [0.15, 0.2) is 0 Å². The molecule has 0 unspecified atom stereocenters. The minimum Gasteiger partial charge on any atom is -0.465 e. The van der Waals surface area contributed by atoms with Gasteiger partial charge in [-0.15, -0.1) is 0 Å². The van der Waals surface area contributed by atoms with Gasteiger partial charge in [0, 0.05) is 0 Å². The van der Waals surface area contributed by atoms with Crippen LogP contribution in [-0.2, 0) is 9.53 Å². The van der Waals surface area contributed by atoms with Gasteiger partial charge >= 0.3 is 5.97 Å². The van der Waals surface area contributed by atoms with Gasteiger partial charge in [0.1, 0.15) is 0 Å². The number of carbonyl (C=O) groups excluding carboxylic acids is 2. The summed E-state index contributed by atoms with van der Waals surface area (Å²) in [4.78, 5) is 21.5. The number of nitrogens with one attached hydrogen (secondary N) is 1. The molecular formula is C9H7Cl2NO3. The van der Waals surface area contributed by atoms with E-state index in [4.69, 9.17) is 23.2 Å². The lowest BCUT2D eigenvalue weighted by Crippen LogP contribution is -2.04. The molecule has 0 radical (unpaired) electrons. The SMILES string of the molecule is COC(=O)c1cc(NC=O)c(Cl)cc1Cl. The highest BCUT2D eigenvalue weighted by Gasteiger charge is 2.13. The molecule has 15 heavy (non-hydrogen) atoms. The van der Waals surface area contributed by atoms with Gasteiger partial charge in [0.25, 0.3) is 0 Å². The Morgan fingerprint density at radius 1 is 1.40 bits per heavy atom. The van der Waals surface area contributed by atoms with Gasteiger partial charge in [-0.1, -0.05) is 23.2 Å². The highest BCUT2D eigenvalue weighted by molar-refractivity contribution is 6.38. The normalized spacial score (nSPS) is 9.53. The van der Waals surface area contributed by atoms with E-state index in [1.54, 1.807) is 0 Å². The predicted octanol–water partition coefficient (Wildman–Crippen LogP) is 2.35. The van der Waals surface area contributed by atoms with E-state index in [1.165, 1.54) is 19.2 Å².